The van der Waals surface area contributed by atoms with Crippen LogP contribution in [0.2, 0.25) is 0 Å². The second kappa shape index (κ2) is 6.06. The first kappa shape index (κ1) is 15.8. The number of fused-ring (bicyclic) bond motifs is 4. The molecule has 0 spiro atoms. The molecule has 3 aromatic rings. The normalized spacial score (nSPS) is 17.0. The van der Waals surface area contributed by atoms with Crippen LogP contribution in [0.15, 0.2) is 77.8 Å². The lowest BCUT2D eigenvalue weighted by Gasteiger charge is -2.35. The Labute approximate surface area is 156 Å². The standard InChI is InChI=1S/C22H17N3O2/c26-25(27)19-11-5-2-8-16(19)14-24-20-12-6-4-10-18(20)23-22-17-9-3-1-7-15(17)13-21(22)24/h1-12,21H,13-14H2. The van der Waals surface area contributed by atoms with Crippen molar-refractivity contribution in [2.75, 3.05) is 4.90 Å². The van der Waals surface area contributed by atoms with Crippen LogP contribution in [-0.2, 0) is 13.0 Å². The minimum Gasteiger partial charge on any atom is -0.356 e. The third-order valence-corrected chi connectivity index (χ3v) is 5.36. The third-order valence-electron chi connectivity index (χ3n) is 5.36. The number of nitrogens with zero attached hydrogens (tertiary/aromatic N) is 3. The van der Waals surface area contributed by atoms with Crippen molar-refractivity contribution in [2.45, 2.75) is 19.0 Å². The van der Waals surface area contributed by atoms with Crippen LogP contribution in [0.3, 0.4) is 0 Å². The second-order valence-electron chi connectivity index (χ2n) is 6.88. The van der Waals surface area contributed by atoms with Gasteiger partial charge in [0.05, 0.1) is 34.6 Å². The predicted octanol–water partition coefficient (Wildman–Crippen LogP) is 4.66. The fourth-order valence-corrected chi connectivity index (χ4v) is 4.13. The molecule has 0 N–H and O–H groups in total. The molecule has 0 fully saturated rings. The molecule has 27 heavy (non-hydrogen) atoms. The van der Waals surface area contributed by atoms with E-state index < -0.39 is 0 Å². The predicted molar refractivity (Wildman–Crippen MR) is 106 cm³/mol. The summed E-state index contributed by atoms with van der Waals surface area (Å²) in [5.74, 6) is 0. The molecular formula is C22H17N3O2. The minimum absolute atomic E-state index is 0.0945. The lowest BCUT2D eigenvalue weighted by molar-refractivity contribution is -0.385. The lowest BCUT2D eigenvalue weighted by Crippen LogP contribution is -2.41. The molecule has 0 saturated carbocycles. The molecule has 1 heterocycles. The number of hydrogen-bond acceptors (Lipinski definition) is 4. The molecule has 0 aromatic heterocycles. The van der Waals surface area contributed by atoms with Gasteiger partial charge in [0.1, 0.15) is 0 Å². The molecule has 5 heteroatoms. The van der Waals surface area contributed by atoms with Gasteiger partial charge in [0.15, 0.2) is 0 Å². The van der Waals surface area contributed by atoms with Crippen LogP contribution in [0.4, 0.5) is 17.1 Å². The van der Waals surface area contributed by atoms with Gasteiger partial charge in [0.2, 0.25) is 0 Å². The van der Waals surface area contributed by atoms with E-state index in [0.717, 1.165) is 29.1 Å². The van der Waals surface area contributed by atoms with Gasteiger partial charge in [-0.2, -0.15) is 0 Å². The molecule has 2 aliphatic rings. The lowest BCUT2D eigenvalue weighted by atomic mass is 10.0. The average Bonchev–Trinajstić information content (AvgIpc) is 3.07. The van der Waals surface area contributed by atoms with Crippen LogP contribution in [-0.4, -0.2) is 16.7 Å². The van der Waals surface area contributed by atoms with E-state index in [4.69, 9.17) is 4.99 Å². The van der Waals surface area contributed by atoms with Crippen molar-refractivity contribution in [1.29, 1.82) is 0 Å². The highest BCUT2D eigenvalue weighted by Crippen LogP contribution is 2.41. The molecule has 132 valence electrons. The quantitative estimate of drug-likeness (QED) is 0.507. The van der Waals surface area contributed by atoms with E-state index in [1.54, 1.807) is 12.1 Å². The summed E-state index contributed by atoms with van der Waals surface area (Å²) in [7, 11) is 0. The molecule has 1 aliphatic carbocycles. The van der Waals surface area contributed by atoms with E-state index in [9.17, 15) is 10.1 Å². The van der Waals surface area contributed by atoms with Gasteiger partial charge in [-0.15, -0.1) is 0 Å². The first-order valence-electron chi connectivity index (χ1n) is 8.97. The third kappa shape index (κ3) is 2.51. The summed E-state index contributed by atoms with van der Waals surface area (Å²) in [6.45, 7) is 0.478. The molecular weight excluding hydrogens is 338 g/mol. The summed E-state index contributed by atoms with van der Waals surface area (Å²) in [5, 5.41) is 11.5. The van der Waals surface area contributed by atoms with Crippen LogP contribution < -0.4 is 4.90 Å². The highest BCUT2D eigenvalue weighted by Gasteiger charge is 2.37. The van der Waals surface area contributed by atoms with Gasteiger partial charge in [-0.25, -0.2) is 4.99 Å². The molecule has 0 radical (unpaired) electrons. The molecule has 1 atom stereocenters. The minimum atomic E-state index is -0.302. The summed E-state index contributed by atoms with van der Waals surface area (Å²) in [6.07, 6.45) is 0.865. The van der Waals surface area contributed by atoms with Crippen molar-refractivity contribution in [3.63, 3.8) is 0 Å². The molecule has 0 saturated heterocycles. The number of nitro benzene ring substituents is 1. The Bertz CT molecular complexity index is 1090. The Kier molecular flexibility index (Phi) is 3.53. The number of nitro groups is 1. The van der Waals surface area contributed by atoms with Crippen LogP contribution in [0.25, 0.3) is 0 Å². The van der Waals surface area contributed by atoms with E-state index in [0.29, 0.717) is 6.54 Å². The SMILES string of the molecule is O=[N+]([O-])c1ccccc1CN1c2ccccc2N=C2c3ccccc3CC21. The van der Waals surface area contributed by atoms with E-state index >= 15 is 0 Å². The Morgan fingerprint density at radius 1 is 1.00 bits per heavy atom. The fourth-order valence-electron chi connectivity index (χ4n) is 4.13. The maximum Gasteiger partial charge on any atom is 0.274 e. The molecule has 5 rings (SSSR count). The van der Waals surface area contributed by atoms with Crippen LogP contribution in [0.1, 0.15) is 16.7 Å². The zero-order valence-corrected chi connectivity index (χ0v) is 14.6. The largest absolute Gasteiger partial charge is 0.356 e. The van der Waals surface area contributed by atoms with Gasteiger partial charge in [-0.3, -0.25) is 10.1 Å². The smallest absolute Gasteiger partial charge is 0.274 e. The molecule has 0 amide bonds. The maximum atomic E-state index is 11.5. The summed E-state index contributed by atoms with van der Waals surface area (Å²) >= 11 is 0. The summed E-state index contributed by atoms with van der Waals surface area (Å²) in [4.78, 5) is 18.4. The molecule has 0 bridgehead atoms. The van der Waals surface area contributed by atoms with Crippen molar-refractivity contribution in [1.82, 2.24) is 0 Å². The maximum absolute atomic E-state index is 11.5. The number of benzene rings is 3. The van der Waals surface area contributed by atoms with Crippen LogP contribution >= 0.6 is 0 Å². The Balaban J connectivity index is 1.63. The van der Waals surface area contributed by atoms with Crippen molar-refractivity contribution in [3.8, 4) is 0 Å². The Morgan fingerprint density at radius 3 is 2.63 bits per heavy atom. The topological polar surface area (TPSA) is 58.7 Å². The summed E-state index contributed by atoms with van der Waals surface area (Å²) in [5.41, 5.74) is 6.34. The first-order chi connectivity index (χ1) is 13.2. The number of aliphatic imine (C=N–C) groups is 1. The molecule has 1 aliphatic heterocycles. The van der Waals surface area contributed by atoms with Gasteiger partial charge in [-0.1, -0.05) is 54.6 Å². The highest BCUT2D eigenvalue weighted by molar-refractivity contribution is 6.13. The van der Waals surface area contributed by atoms with E-state index in [-0.39, 0.29) is 16.7 Å². The van der Waals surface area contributed by atoms with Crippen molar-refractivity contribution < 1.29 is 4.92 Å². The van der Waals surface area contributed by atoms with Crippen molar-refractivity contribution in [2.24, 2.45) is 4.99 Å². The summed E-state index contributed by atoms with van der Waals surface area (Å²) < 4.78 is 0. The second-order valence-corrected chi connectivity index (χ2v) is 6.88. The number of para-hydroxylation sites is 3. The fraction of sp³-hybridized carbons (Fsp3) is 0.136. The number of anilines is 1. The molecule has 3 aromatic carbocycles. The van der Waals surface area contributed by atoms with Gasteiger partial charge < -0.3 is 4.90 Å². The molecule has 5 nitrogen and oxygen atoms in total. The first-order valence-corrected chi connectivity index (χ1v) is 8.97. The van der Waals surface area contributed by atoms with Gasteiger partial charge in [-0.05, 0) is 24.1 Å². The Hall–Kier alpha value is -3.47. The van der Waals surface area contributed by atoms with Crippen LogP contribution in [0.5, 0.6) is 0 Å². The van der Waals surface area contributed by atoms with Crippen molar-refractivity contribution >= 4 is 22.8 Å². The van der Waals surface area contributed by atoms with Crippen molar-refractivity contribution in [3.05, 3.63) is 99.6 Å². The zero-order chi connectivity index (χ0) is 18.4. The Morgan fingerprint density at radius 2 is 1.74 bits per heavy atom. The summed E-state index contributed by atoms with van der Waals surface area (Å²) in [6, 6.07) is 23.5. The van der Waals surface area contributed by atoms with Gasteiger partial charge in [0, 0.05) is 17.2 Å². The monoisotopic (exact) mass is 355 g/mol. The zero-order valence-electron chi connectivity index (χ0n) is 14.6. The van der Waals surface area contributed by atoms with Gasteiger partial charge in [0.25, 0.3) is 5.69 Å². The molecule has 1 unspecified atom stereocenters. The van der Waals surface area contributed by atoms with E-state index in [2.05, 4.69) is 23.1 Å². The average molecular weight is 355 g/mol. The number of hydrogen-bond donors (Lipinski definition) is 0. The highest BCUT2D eigenvalue weighted by atomic mass is 16.6. The number of rotatable bonds is 3. The van der Waals surface area contributed by atoms with Crippen LogP contribution in [0, 0.1) is 10.1 Å². The van der Waals surface area contributed by atoms with E-state index in [1.807, 2.05) is 42.5 Å². The van der Waals surface area contributed by atoms with Gasteiger partial charge >= 0.3 is 0 Å². The van der Waals surface area contributed by atoms with E-state index in [1.165, 1.54) is 11.1 Å².